The van der Waals surface area contributed by atoms with Gasteiger partial charge in [-0.25, -0.2) is 13.8 Å². The maximum atomic E-state index is 14.0. The summed E-state index contributed by atoms with van der Waals surface area (Å²) in [7, 11) is 1.98. The molecule has 9 heteroatoms. The van der Waals surface area contributed by atoms with Crippen molar-refractivity contribution in [1.82, 2.24) is 24.7 Å². The van der Waals surface area contributed by atoms with Gasteiger partial charge in [0.1, 0.15) is 11.9 Å². The highest BCUT2D eigenvalue weighted by Crippen LogP contribution is 2.29. The third-order valence-corrected chi connectivity index (χ3v) is 6.94. The molecule has 1 aromatic heterocycles. The maximum absolute atomic E-state index is 14.0. The summed E-state index contributed by atoms with van der Waals surface area (Å²) in [5.41, 5.74) is 0.827. The molecular formula is C25H33F2N5O2. The third-order valence-electron chi connectivity index (χ3n) is 6.94. The Hall–Kier alpha value is -2.81. The summed E-state index contributed by atoms with van der Waals surface area (Å²) in [5.74, 6) is -2.01. The van der Waals surface area contributed by atoms with Crippen LogP contribution in [0.4, 0.5) is 8.78 Å². The molecule has 1 aromatic carbocycles. The Morgan fingerprint density at radius 1 is 1.15 bits per heavy atom. The van der Waals surface area contributed by atoms with Crippen LogP contribution in [0.5, 0.6) is 0 Å². The number of fused-ring (bicyclic) bond motifs is 1. The monoisotopic (exact) mass is 473 g/mol. The first-order valence-electron chi connectivity index (χ1n) is 11.8. The van der Waals surface area contributed by atoms with Gasteiger partial charge in [0.05, 0.1) is 5.69 Å². The molecule has 2 atom stereocenters. The first-order valence-corrected chi connectivity index (χ1v) is 11.8. The van der Waals surface area contributed by atoms with Gasteiger partial charge in [-0.1, -0.05) is 20.8 Å². The summed E-state index contributed by atoms with van der Waals surface area (Å²) in [6, 6.07) is 3.21. The van der Waals surface area contributed by atoms with E-state index in [0.717, 1.165) is 25.0 Å². The Morgan fingerprint density at radius 2 is 1.85 bits per heavy atom. The summed E-state index contributed by atoms with van der Waals surface area (Å²) in [5, 5.41) is 2.95. The SMILES string of the molecule is CC1CCn2c(-c3ccc(F)c(F)c3)nc(C(=O)NC(C(=O)N3CCC3)C(C)(C)C)c2CN1C. The van der Waals surface area contributed by atoms with Crippen molar-refractivity contribution in [2.75, 3.05) is 20.1 Å². The molecule has 0 spiro atoms. The highest BCUT2D eigenvalue weighted by Gasteiger charge is 2.39. The van der Waals surface area contributed by atoms with Gasteiger partial charge in [-0.05, 0) is 50.4 Å². The van der Waals surface area contributed by atoms with Crippen LogP contribution in [-0.2, 0) is 17.9 Å². The van der Waals surface area contributed by atoms with E-state index in [0.29, 0.717) is 43.3 Å². The first kappa shape index (κ1) is 24.3. The normalized spacial score (nSPS) is 19.7. The highest BCUT2D eigenvalue weighted by atomic mass is 19.2. The fourth-order valence-electron chi connectivity index (χ4n) is 4.42. The Morgan fingerprint density at radius 3 is 2.44 bits per heavy atom. The molecule has 0 bridgehead atoms. The zero-order valence-electron chi connectivity index (χ0n) is 20.5. The van der Waals surface area contributed by atoms with Gasteiger partial charge in [-0.3, -0.25) is 14.5 Å². The van der Waals surface area contributed by atoms with Gasteiger partial charge >= 0.3 is 0 Å². The van der Waals surface area contributed by atoms with Gasteiger partial charge < -0.3 is 14.8 Å². The number of hydrogen-bond acceptors (Lipinski definition) is 4. The molecule has 184 valence electrons. The predicted molar refractivity (Wildman–Crippen MR) is 125 cm³/mol. The molecule has 2 aromatic rings. The number of aromatic nitrogens is 2. The Balaban J connectivity index is 1.74. The summed E-state index contributed by atoms with van der Waals surface area (Å²) < 4.78 is 29.5. The molecule has 7 nitrogen and oxygen atoms in total. The largest absolute Gasteiger partial charge is 0.341 e. The van der Waals surface area contributed by atoms with Crippen LogP contribution in [0, 0.1) is 17.0 Å². The molecule has 2 aliphatic heterocycles. The minimum absolute atomic E-state index is 0.0935. The van der Waals surface area contributed by atoms with Gasteiger partial charge in [-0.15, -0.1) is 0 Å². The smallest absolute Gasteiger partial charge is 0.272 e. The number of hydrogen-bond donors (Lipinski definition) is 1. The number of carbonyl (C=O) groups excluding carboxylic acids is 2. The van der Waals surface area contributed by atoms with Gasteiger partial charge in [-0.2, -0.15) is 0 Å². The van der Waals surface area contributed by atoms with Crippen LogP contribution in [0.3, 0.4) is 0 Å². The predicted octanol–water partition coefficient (Wildman–Crippen LogP) is 3.43. The van der Waals surface area contributed by atoms with Crippen LogP contribution in [0.2, 0.25) is 0 Å². The van der Waals surface area contributed by atoms with E-state index in [1.165, 1.54) is 6.07 Å². The van der Waals surface area contributed by atoms with Gasteiger partial charge in [0.15, 0.2) is 17.3 Å². The van der Waals surface area contributed by atoms with E-state index in [4.69, 9.17) is 0 Å². The Labute approximate surface area is 199 Å². The third kappa shape index (κ3) is 4.58. The number of likely N-dealkylation sites (tertiary alicyclic amines) is 1. The van der Waals surface area contributed by atoms with Crippen LogP contribution in [-0.4, -0.2) is 63.4 Å². The molecule has 1 saturated heterocycles. The molecule has 1 N–H and O–H groups in total. The lowest BCUT2D eigenvalue weighted by Gasteiger charge is -2.38. The lowest BCUT2D eigenvalue weighted by Crippen LogP contribution is -2.57. The molecule has 34 heavy (non-hydrogen) atoms. The molecule has 3 heterocycles. The van der Waals surface area contributed by atoms with E-state index in [1.807, 2.05) is 32.4 Å². The number of nitrogens with zero attached hydrogens (tertiary/aromatic N) is 4. The van der Waals surface area contributed by atoms with Crippen LogP contribution < -0.4 is 5.32 Å². The molecule has 2 unspecified atom stereocenters. The summed E-state index contributed by atoms with van der Waals surface area (Å²) in [4.78, 5) is 35.1. The second-order valence-electron chi connectivity index (χ2n) is 10.5. The van der Waals surface area contributed by atoms with E-state index >= 15 is 0 Å². The van der Waals surface area contributed by atoms with Crippen molar-refractivity contribution in [3.63, 3.8) is 0 Å². The summed E-state index contributed by atoms with van der Waals surface area (Å²) in [6.07, 6.45) is 1.78. The minimum Gasteiger partial charge on any atom is -0.341 e. The molecular weight excluding hydrogens is 440 g/mol. The molecule has 0 radical (unpaired) electrons. The lowest BCUT2D eigenvalue weighted by molar-refractivity contribution is -0.139. The van der Waals surface area contributed by atoms with Crippen LogP contribution in [0.15, 0.2) is 18.2 Å². The molecule has 0 aliphatic carbocycles. The van der Waals surface area contributed by atoms with E-state index in [2.05, 4.69) is 22.1 Å². The minimum atomic E-state index is -0.965. The van der Waals surface area contributed by atoms with Crippen molar-refractivity contribution < 1.29 is 18.4 Å². The fraction of sp³-hybridized carbons (Fsp3) is 0.560. The Bertz CT molecular complexity index is 1100. The zero-order valence-corrected chi connectivity index (χ0v) is 20.5. The lowest BCUT2D eigenvalue weighted by atomic mass is 9.85. The Kier molecular flexibility index (Phi) is 6.50. The van der Waals surface area contributed by atoms with E-state index in [9.17, 15) is 18.4 Å². The number of nitrogens with one attached hydrogen (secondary N) is 1. The second kappa shape index (κ2) is 9.09. The number of rotatable bonds is 4. The van der Waals surface area contributed by atoms with Crippen LogP contribution >= 0.6 is 0 Å². The second-order valence-corrected chi connectivity index (χ2v) is 10.5. The molecule has 4 rings (SSSR count). The van der Waals surface area contributed by atoms with Crippen LogP contribution in [0.25, 0.3) is 11.4 Å². The number of benzene rings is 1. The van der Waals surface area contributed by atoms with Gasteiger partial charge in [0.2, 0.25) is 5.91 Å². The summed E-state index contributed by atoms with van der Waals surface area (Å²) >= 11 is 0. The van der Waals surface area contributed by atoms with Gasteiger partial charge in [0.25, 0.3) is 5.91 Å². The standard InChI is InChI=1S/C25H33F2N5O2/c1-15-9-12-32-19(14-30(15)5)20(28-22(32)16-7-8-17(26)18(27)13-16)23(33)29-21(25(2,3)4)24(34)31-10-6-11-31/h7-8,13,15,21H,6,9-12,14H2,1-5H3,(H,29,33). The summed E-state index contributed by atoms with van der Waals surface area (Å²) in [6.45, 7) is 10.3. The first-order chi connectivity index (χ1) is 16.0. The average Bonchev–Trinajstić information content (AvgIpc) is 3.00. The van der Waals surface area contributed by atoms with Crippen molar-refractivity contribution in [3.8, 4) is 11.4 Å². The van der Waals surface area contributed by atoms with Crippen LogP contribution in [0.1, 0.15) is 56.7 Å². The van der Waals surface area contributed by atoms with E-state index in [1.54, 1.807) is 4.90 Å². The van der Waals surface area contributed by atoms with Crippen molar-refractivity contribution >= 4 is 11.8 Å². The topological polar surface area (TPSA) is 70.5 Å². The van der Waals surface area contributed by atoms with Crippen molar-refractivity contribution in [2.45, 2.75) is 65.7 Å². The molecule has 2 aliphatic rings. The quantitative estimate of drug-likeness (QED) is 0.739. The number of halogens is 2. The highest BCUT2D eigenvalue weighted by molar-refractivity contribution is 5.98. The van der Waals surface area contributed by atoms with E-state index in [-0.39, 0.29) is 17.6 Å². The molecule has 0 saturated carbocycles. The number of amides is 2. The van der Waals surface area contributed by atoms with Crippen molar-refractivity contribution in [2.24, 2.45) is 5.41 Å². The van der Waals surface area contributed by atoms with E-state index < -0.39 is 29.0 Å². The average molecular weight is 474 g/mol. The molecule has 1 fully saturated rings. The fourth-order valence-corrected chi connectivity index (χ4v) is 4.42. The van der Waals surface area contributed by atoms with Gasteiger partial charge in [0, 0.05) is 37.8 Å². The van der Waals surface area contributed by atoms with Crippen molar-refractivity contribution in [3.05, 3.63) is 41.2 Å². The molecule has 2 amide bonds. The maximum Gasteiger partial charge on any atom is 0.272 e. The number of carbonyl (C=O) groups is 2. The van der Waals surface area contributed by atoms with Crippen molar-refractivity contribution in [1.29, 1.82) is 0 Å². The zero-order chi connectivity index (χ0) is 24.8. The number of imidazole rings is 1.